The largest absolute Gasteiger partial charge is 0.451 e. The highest BCUT2D eigenvalue weighted by molar-refractivity contribution is 6.41. The lowest BCUT2D eigenvalue weighted by Crippen LogP contribution is -2.12. The summed E-state index contributed by atoms with van der Waals surface area (Å²) in [6.07, 6.45) is 0.910. The first kappa shape index (κ1) is 8.65. The van der Waals surface area contributed by atoms with E-state index in [4.69, 9.17) is 10.0 Å². The van der Waals surface area contributed by atoms with Crippen LogP contribution in [0.1, 0.15) is 19.8 Å². The van der Waals surface area contributed by atoms with Gasteiger partial charge < -0.3 is 10.0 Å². The van der Waals surface area contributed by atoms with Gasteiger partial charge in [0.05, 0.1) is 0 Å². The maximum atomic E-state index is 10.5. The smallest absolute Gasteiger partial charge is 0.427 e. The van der Waals surface area contributed by atoms with E-state index in [0.29, 0.717) is 6.42 Å². The number of hydrogen-bond donors (Lipinski definition) is 2. The van der Waals surface area contributed by atoms with Crippen molar-refractivity contribution in [2.45, 2.75) is 26.1 Å². The molecule has 3 nitrogen and oxygen atoms in total. The average Bonchev–Trinajstić information content (AvgIpc) is 1.83. The minimum absolute atomic E-state index is 0.0723. The number of carbonyl (C=O) groups is 1. The van der Waals surface area contributed by atoms with Crippen molar-refractivity contribution in [2.24, 2.45) is 0 Å². The van der Waals surface area contributed by atoms with E-state index in [1.165, 1.54) is 0 Å². The summed E-state index contributed by atoms with van der Waals surface area (Å²) in [6.45, 7) is 1.76. The lowest BCUT2D eigenvalue weighted by Gasteiger charge is -1.94. The fourth-order valence-electron chi connectivity index (χ4n) is 0.467. The van der Waals surface area contributed by atoms with Crippen LogP contribution in [0.4, 0.5) is 0 Å². The Bertz CT molecular complexity index is 92.2. The maximum Gasteiger partial charge on any atom is 0.451 e. The highest BCUT2D eigenvalue weighted by Gasteiger charge is 2.08. The Morgan fingerprint density at radius 3 is 2.44 bits per heavy atom. The van der Waals surface area contributed by atoms with E-state index in [1.54, 1.807) is 6.92 Å². The predicted octanol–water partition coefficient (Wildman–Crippen LogP) is -0.172. The zero-order valence-electron chi connectivity index (χ0n) is 5.50. The Balaban J connectivity index is 3.17. The van der Waals surface area contributed by atoms with Gasteiger partial charge in [0.2, 0.25) is 0 Å². The van der Waals surface area contributed by atoms with Gasteiger partial charge in [-0.3, -0.25) is 4.79 Å². The first-order valence-electron chi connectivity index (χ1n) is 3.04. The molecule has 9 heavy (non-hydrogen) atoms. The molecule has 0 atom stereocenters. The van der Waals surface area contributed by atoms with Crippen molar-refractivity contribution in [3.63, 3.8) is 0 Å². The molecule has 0 aromatic rings. The minimum Gasteiger partial charge on any atom is -0.427 e. The molecule has 2 N–H and O–H groups in total. The van der Waals surface area contributed by atoms with Gasteiger partial charge in [-0.05, 0) is 6.32 Å². The van der Waals surface area contributed by atoms with Crippen molar-refractivity contribution in [3.8, 4) is 0 Å². The van der Waals surface area contributed by atoms with Gasteiger partial charge in [0.25, 0.3) is 0 Å². The molecule has 0 aliphatic carbocycles. The zero-order valence-corrected chi connectivity index (χ0v) is 5.50. The first-order chi connectivity index (χ1) is 4.16. The monoisotopic (exact) mass is 130 g/mol. The Labute approximate surface area is 54.8 Å². The van der Waals surface area contributed by atoms with Gasteiger partial charge >= 0.3 is 7.12 Å². The van der Waals surface area contributed by atoms with Crippen LogP contribution in [0, 0.1) is 0 Å². The molecule has 0 aromatic carbocycles. The highest BCUT2D eigenvalue weighted by atomic mass is 16.4. The zero-order chi connectivity index (χ0) is 7.28. The first-order valence-corrected chi connectivity index (χ1v) is 3.04. The second-order valence-corrected chi connectivity index (χ2v) is 1.91. The highest BCUT2D eigenvalue weighted by Crippen LogP contribution is 1.95. The molecular formula is C5H11BO3. The van der Waals surface area contributed by atoms with Crippen molar-refractivity contribution in [1.82, 2.24) is 0 Å². The summed E-state index contributed by atoms with van der Waals surface area (Å²) in [5, 5.41) is 16.6. The van der Waals surface area contributed by atoms with Crippen LogP contribution in [-0.4, -0.2) is 22.9 Å². The summed E-state index contributed by atoms with van der Waals surface area (Å²) in [5.41, 5.74) is 0. The fraction of sp³-hybridized carbons (Fsp3) is 0.800. The molecule has 0 bridgehead atoms. The molecule has 0 aromatic heterocycles. The molecule has 0 saturated carbocycles. The van der Waals surface area contributed by atoms with Gasteiger partial charge in [-0.2, -0.15) is 0 Å². The standard InChI is InChI=1S/C5H11BO3/c1-2-5(7)3-4-6(8)9/h8-9H,2-4H2,1H3. The average molecular weight is 130 g/mol. The minimum atomic E-state index is -1.33. The summed E-state index contributed by atoms with van der Waals surface area (Å²) < 4.78 is 0. The molecule has 0 amide bonds. The van der Waals surface area contributed by atoms with E-state index in [0.717, 1.165) is 0 Å². The van der Waals surface area contributed by atoms with Gasteiger partial charge in [-0.25, -0.2) is 0 Å². The molecule has 0 fully saturated rings. The number of carbonyl (C=O) groups excluding carboxylic acids is 1. The second kappa shape index (κ2) is 4.53. The maximum absolute atomic E-state index is 10.5. The topological polar surface area (TPSA) is 57.5 Å². The molecule has 0 rings (SSSR count). The molecular weight excluding hydrogens is 119 g/mol. The van der Waals surface area contributed by atoms with Crippen molar-refractivity contribution in [2.75, 3.05) is 0 Å². The third-order valence-electron chi connectivity index (χ3n) is 1.08. The third-order valence-corrected chi connectivity index (χ3v) is 1.08. The van der Waals surface area contributed by atoms with Crippen LogP contribution in [0.15, 0.2) is 0 Å². The Kier molecular flexibility index (Phi) is 4.35. The molecule has 0 saturated heterocycles. The van der Waals surface area contributed by atoms with Gasteiger partial charge in [-0.15, -0.1) is 0 Å². The number of ketones is 1. The van der Waals surface area contributed by atoms with E-state index in [1.807, 2.05) is 0 Å². The lowest BCUT2D eigenvalue weighted by molar-refractivity contribution is -0.118. The molecule has 52 valence electrons. The Hall–Kier alpha value is -0.345. The van der Waals surface area contributed by atoms with Crippen LogP contribution in [-0.2, 0) is 4.79 Å². The molecule has 0 heterocycles. The molecule has 0 aliphatic rings. The molecule has 0 spiro atoms. The Morgan fingerprint density at radius 1 is 1.56 bits per heavy atom. The van der Waals surface area contributed by atoms with Crippen LogP contribution in [0.3, 0.4) is 0 Å². The van der Waals surface area contributed by atoms with E-state index in [2.05, 4.69) is 0 Å². The number of Topliss-reactive ketones (excluding diaryl/α,β-unsaturated/α-hetero) is 1. The van der Waals surface area contributed by atoms with Gasteiger partial charge in [0, 0.05) is 12.8 Å². The summed E-state index contributed by atoms with van der Waals surface area (Å²) >= 11 is 0. The number of hydrogen-bond acceptors (Lipinski definition) is 3. The molecule has 0 unspecified atom stereocenters. The van der Waals surface area contributed by atoms with E-state index >= 15 is 0 Å². The summed E-state index contributed by atoms with van der Waals surface area (Å²) in [7, 11) is -1.33. The molecule has 0 radical (unpaired) electrons. The van der Waals surface area contributed by atoms with Crippen LogP contribution >= 0.6 is 0 Å². The molecule has 4 heteroatoms. The van der Waals surface area contributed by atoms with Crippen LogP contribution < -0.4 is 0 Å². The summed E-state index contributed by atoms with van der Waals surface area (Å²) in [4.78, 5) is 10.5. The predicted molar refractivity (Wildman–Crippen MR) is 34.9 cm³/mol. The van der Waals surface area contributed by atoms with E-state index < -0.39 is 7.12 Å². The van der Waals surface area contributed by atoms with Gasteiger partial charge in [-0.1, -0.05) is 6.92 Å². The van der Waals surface area contributed by atoms with Crippen molar-refractivity contribution in [3.05, 3.63) is 0 Å². The van der Waals surface area contributed by atoms with Crippen LogP contribution in [0.5, 0.6) is 0 Å². The van der Waals surface area contributed by atoms with Crippen molar-refractivity contribution >= 4 is 12.9 Å². The Morgan fingerprint density at radius 2 is 2.11 bits per heavy atom. The fourth-order valence-corrected chi connectivity index (χ4v) is 0.467. The van der Waals surface area contributed by atoms with Crippen LogP contribution in [0.2, 0.25) is 6.32 Å². The van der Waals surface area contributed by atoms with Crippen LogP contribution in [0.25, 0.3) is 0 Å². The second-order valence-electron chi connectivity index (χ2n) is 1.91. The van der Waals surface area contributed by atoms with Gasteiger partial charge in [0.15, 0.2) is 0 Å². The van der Waals surface area contributed by atoms with E-state index in [-0.39, 0.29) is 18.5 Å². The lowest BCUT2D eigenvalue weighted by atomic mass is 9.83. The SMILES string of the molecule is CCC(=O)CCB(O)O. The van der Waals surface area contributed by atoms with E-state index in [9.17, 15) is 4.79 Å². The van der Waals surface area contributed by atoms with Gasteiger partial charge in [0.1, 0.15) is 5.78 Å². The molecule has 0 aliphatic heterocycles. The normalized spacial score (nSPS) is 9.22. The summed E-state index contributed by atoms with van der Waals surface area (Å²) in [6, 6.07) is 0. The number of rotatable bonds is 4. The van der Waals surface area contributed by atoms with Crippen molar-refractivity contribution < 1.29 is 14.8 Å². The summed E-state index contributed by atoms with van der Waals surface area (Å²) in [5.74, 6) is 0.0723. The third kappa shape index (κ3) is 5.53. The quantitative estimate of drug-likeness (QED) is 0.519. The van der Waals surface area contributed by atoms with Crippen molar-refractivity contribution in [1.29, 1.82) is 0 Å².